The lowest BCUT2D eigenvalue weighted by atomic mass is 10.0. The molecule has 0 aliphatic heterocycles. The molecule has 3 nitrogen and oxygen atoms in total. The Morgan fingerprint density at radius 2 is 1.83 bits per heavy atom. The number of benzene rings is 1. The zero-order valence-corrected chi connectivity index (χ0v) is 11.1. The summed E-state index contributed by atoms with van der Waals surface area (Å²) in [6, 6.07) is 5.46. The van der Waals surface area contributed by atoms with E-state index in [1.165, 1.54) is 50.3 Å². The van der Waals surface area contributed by atoms with Crippen LogP contribution in [0.5, 0.6) is 5.75 Å². The van der Waals surface area contributed by atoms with Crippen LogP contribution in [0.4, 0.5) is 0 Å². The van der Waals surface area contributed by atoms with Crippen molar-refractivity contribution in [3.8, 4) is 5.75 Å². The van der Waals surface area contributed by atoms with Crippen LogP contribution in [0.1, 0.15) is 56.6 Å². The molecular formula is C15H23NO2. The van der Waals surface area contributed by atoms with E-state index in [-0.39, 0.29) is 5.75 Å². The van der Waals surface area contributed by atoms with E-state index < -0.39 is 0 Å². The van der Waals surface area contributed by atoms with E-state index in [0.29, 0.717) is 5.56 Å². The molecular weight excluding hydrogens is 226 g/mol. The van der Waals surface area contributed by atoms with Crippen LogP contribution in [0.3, 0.4) is 0 Å². The molecule has 1 rings (SSSR count). The smallest absolute Gasteiger partial charge is 0.124 e. The topological polar surface area (TPSA) is 52.8 Å². The second-order valence-electron chi connectivity index (χ2n) is 4.66. The maximum Gasteiger partial charge on any atom is 0.124 e. The largest absolute Gasteiger partial charge is 0.507 e. The Morgan fingerprint density at radius 3 is 2.56 bits per heavy atom. The van der Waals surface area contributed by atoms with Gasteiger partial charge in [-0.05, 0) is 30.5 Å². The van der Waals surface area contributed by atoms with Crippen molar-refractivity contribution < 1.29 is 10.3 Å². The fraction of sp³-hybridized carbons (Fsp3) is 0.533. The number of phenols is 1. The zero-order chi connectivity index (χ0) is 13.2. The third-order valence-electron chi connectivity index (χ3n) is 3.11. The summed E-state index contributed by atoms with van der Waals surface area (Å²) in [5.74, 6) is 0.152. The molecule has 0 saturated carbocycles. The normalized spacial score (nSPS) is 11.2. The van der Waals surface area contributed by atoms with Crippen molar-refractivity contribution in [3.05, 3.63) is 29.3 Å². The quantitative estimate of drug-likeness (QED) is 0.315. The lowest BCUT2D eigenvalue weighted by Crippen LogP contribution is -1.90. The number of aromatic hydroxyl groups is 1. The summed E-state index contributed by atoms with van der Waals surface area (Å²) in [6.07, 6.45) is 9.94. The molecule has 0 bridgehead atoms. The van der Waals surface area contributed by atoms with Gasteiger partial charge in [0, 0.05) is 5.56 Å². The van der Waals surface area contributed by atoms with Gasteiger partial charge in [-0.25, -0.2) is 0 Å². The van der Waals surface area contributed by atoms with Crippen molar-refractivity contribution in [1.29, 1.82) is 0 Å². The first-order valence-corrected chi connectivity index (χ1v) is 6.77. The Bertz CT molecular complexity index is 375. The molecule has 0 amide bonds. The summed E-state index contributed by atoms with van der Waals surface area (Å²) < 4.78 is 0. The van der Waals surface area contributed by atoms with E-state index in [9.17, 15) is 5.11 Å². The number of oxime groups is 1. The van der Waals surface area contributed by atoms with E-state index in [2.05, 4.69) is 12.1 Å². The fourth-order valence-corrected chi connectivity index (χ4v) is 2.03. The maximum absolute atomic E-state index is 9.53. The minimum Gasteiger partial charge on any atom is -0.507 e. The highest BCUT2D eigenvalue weighted by Gasteiger charge is 2.01. The molecule has 0 spiro atoms. The number of hydrogen-bond donors (Lipinski definition) is 2. The average Bonchev–Trinajstić information content (AvgIpc) is 2.37. The lowest BCUT2D eigenvalue weighted by molar-refractivity contribution is 0.321. The summed E-state index contributed by atoms with van der Waals surface area (Å²) in [5.41, 5.74) is 1.75. The predicted molar refractivity (Wildman–Crippen MR) is 74.6 cm³/mol. The van der Waals surface area contributed by atoms with Crippen LogP contribution in [-0.4, -0.2) is 16.5 Å². The van der Waals surface area contributed by atoms with Crippen molar-refractivity contribution in [2.24, 2.45) is 5.16 Å². The van der Waals surface area contributed by atoms with Gasteiger partial charge in [-0.3, -0.25) is 0 Å². The van der Waals surface area contributed by atoms with Gasteiger partial charge in [0.15, 0.2) is 0 Å². The summed E-state index contributed by atoms with van der Waals surface area (Å²) in [4.78, 5) is 0. The van der Waals surface area contributed by atoms with Gasteiger partial charge in [0.2, 0.25) is 0 Å². The van der Waals surface area contributed by atoms with Gasteiger partial charge in [0.25, 0.3) is 0 Å². The van der Waals surface area contributed by atoms with Crippen LogP contribution in [0.2, 0.25) is 0 Å². The maximum atomic E-state index is 9.53. The Kier molecular flexibility index (Phi) is 6.92. The number of aryl methyl sites for hydroxylation is 1. The molecule has 0 heterocycles. The third-order valence-corrected chi connectivity index (χ3v) is 3.11. The van der Waals surface area contributed by atoms with Gasteiger partial charge in [0.1, 0.15) is 5.75 Å². The van der Waals surface area contributed by atoms with Crippen LogP contribution in [0, 0.1) is 0 Å². The average molecular weight is 249 g/mol. The first-order valence-electron chi connectivity index (χ1n) is 6.77. The first kappa shape index (κ1) is 14.6. The fourth-order valence-electron chi connectivity index (χ4n) is 2.03. The number of hydrogen-bond acceptors (Lipinski definition) is 3. The first-order chi connectivity index (χ1) is 8.77. The predicted octanol–water partition coefficient (Wildman–Crippen LogP) is 4.10. The minimum atomic E-state index is 0.152. The molecule has 0 radical (unpaired) electrons. The molecule has 0 fully saturated rings. The molecule has 0 aromatic heterocycles. The van der Waals surface area contributed by atoms with Crippen molar-refractivity contribution in [3.63, 3.8) is 0 Å². The van der Waals surface area contributed by atoms with Gasteiger partial charge in [0.05, 0.1) is 6.21 Å². The van der Waals surface area contributed by atoms with Gasteiger partial charge in [-0.1, -0.05) is 50.2 Å². The molecule has 100 valence electrons. The lowest BCUT2D eigenvalue weighted by Gasteiger charge is -2.04. The number of phenolic OH excluding ortho intramolecular Hbond substituents is 1. The third kappa shape index (κ3) is 5.21. The molecule has 1 aromatic rings. The summed E-state index contributed by atoms with van der Waals surface area (Å²) in [5, 5.41) is 21.0. The van der Waals surface area contributed by atoms with E-state index in [0.717, 1.165) is 6.42 Å². The monoisotopic (exact) mass is 249 g/mol. The number of nitrogens with zero attached hydrogens (tertiary/aromatic N) is 1. The molecule has 0 saturated heterocycles. The highest BCUT2D eigenvalue weighted by molar-refractivity contribution is 5.83. The van der Waals surface area contributed by atoms with Crippen molar-refractivity contribution in [2.75, 3.05) is 0 Å². The second kappa shape index (κ2) is 8.56. The van der Waals surface area contributed by atoms with E-state index >= 15 is 0 Å². The second-order valence-corrected chi connectivity index (χ2v) is 4.66. The van der Waals surface area contributed by atoms with E-state index in [4.69, 9.17) is 5.21 Å². The van der Waals surface area contributed by atoms with Crippen LogP contribution < -0.4 is 0 Å². The molecule has 0 aliphatic rings. The zero-order valence-electron chi connectivity index (χ0n) is 11.1. The van der Waals surface area contributed by atoms with Gasteiger partial charge < -0.3 is 10.3 Å². The number of rotatable bonds is 8. The van der Waals surface area contributed by atoms with Crippen LogP contribution in [0.15, 0.2) is 23.4 Å². The molecule has 3 heteroatoms. The molecule has 0 unspecified atom stereocenters. The summed E-state index contributed by atoms with van der Waals surface area (Å²) >= 11 is 0. The van der Waals surface area contributed by atoms with Crippen LogP contribution in [-0.2, 0) is 6.42 Å². The van der Waals surface area contributed by atoms with Crippen molar-refractivity contribution >= 4 is 6.21 Å². The molecule has 18 heavy (non-hydrogen) atoms. The highest BCUT2D eigenvalue weighted by atomic mass is 16.4. The van der Waals surface area contributed by atoms with Gasteiger partial charge in [-0.2, -0.15) is 0 Å². The summed E-state index contributed by atoms with van der Waals surface area (Å²) in [7, 11) is 0. The van der Waals surface area contributed by atoms with Crippen molar-refractivity contribution in [2.45, 2.75) is 51.9 Å². The Labute approximate surface area is 109 Å². The van der Waals surface area contributed by atoms with Gasteiger partial charge in [-0.15, -0.1) is 0 Å². The van der Waals surface area contributed by atoms with Crippen molar-refractivity contribution in [1.82, 2.24) is 0 Å². The van der Waals surface area contributed by atoms with E-state index in [1.54, 1.807) is 6.07 Å². The van der Waals surface area contributed by atoms with Crippen LogP contribution >= 0.6 is 0 Å². The molecule has 0 aliphatic carbocycles. The molecule has 0 atom stereocenters. The Morgan fingerprint density at radius 1 is 1.11 bits per heavy atom. The highest BCUT2D eigenvalue weighted by Crippen LogP contribution is 2.18. The standard InChI is InChI=1S/C15H23NO2/c1-2-3-4-5-6-7-8-13-9-10-15(17)14(11-13)12-16-18/h9-12,17-18H,2-8H2,1H3. The van der Waals surface area contributed by atoms with Gasteiger partial charge >= 0.3 is 0 Å². The molecule has 1 aromatic carbocycles. The molecule has 2 N–H and O–H groups in total. The Balaban J connectivity index is 2.36. The summed E-state index contributed by atoms with van der Waals surface area (Å²) in [6.45, 7) is 2.22. The SMILES string of the molecule is CCCCCCCCc1ccc(O)c(C=NO)c1. The van der Waals surface area contributed by atoms with E-state index in [1.807, 2.05) is 12.1 Å². The minimum absolute atomic E-state index is 0.152. The number of unbranched alkanes of at least 4 members (excludes halogenated alkanes) is 5. The Hall–Kier alpha value is -1.51. The van der Waals surface area contributed by atoms with Crippen LogP contribution in [0.25, 0.3) is 0 Å².